The van der Waals surface area contributed by atoms with Gasteiger partial charge < -0.3 is 19.8 Å². The molecular formula is C34H30F2N4O4. The molecule has 0 saturated heterocycles. The predicted molar refractivity (Wildman–Crippen MR) is 161 cm³/mol. The van der Waals surface area contributed by atoms with Gasteiger partial charge in [-0.05, 0) is 55.3 Å². The van der Waals surface area contributed by atoms with Crippen LogP contribution in [0.15, 0.2) is 71.4 Å². The molecule has 2 aromatic heterocycles. The fourth-order valence-electron chi connectivity index (χ4n) is 5.76. The van der Waals surface area contributed by atoms with Crippen LogP contribution in [0.1, 0.15) is 50.5 Å². The Hall–Kier alpha value is -4.96. The number of methoxy groups -OCH3 is 1. The maximum absolute atomic E-state index is 16.5. The van der Waals surface area contributed by atoms with E-state index in [4.69, 9.17) is 9.15 Å². The van der Waals surface area contributed by atoms with Gasteiger partial charge in [0.2, 0.25) is 0 Å². The Morgan fingerprint density at radius 3 is 2.34 bits per heavy atom. The van der Waals surface area contributed by atoms with E-state index < -0.39 is 29.0 Å². The number of nitrogens with zero attached hydrogens (tertiary/aromatic N) is 2. The molecule has 8 nitrogen and oxygen atoms in total. The van der Waals surface area contributed by atoms with Gasteiger partial charge >= 0.3 is 0 Å². The third kappa shape index (κ3) is 4.90. The van der Waals surface area contributed by atoms with Gasteiger partial charge in [-0.25, -0.2) is 18.7 Å². The van der Waals surface area contributed by atoms with E-state index >= 15 is 8.78 Å². The minimum atomic E-state index is -0.893. The number of hydrogen-bond acceptors (Lipinski definition) is 6. The molecule has 224 valence electrons. The zero-order chi connectivity index (χ0) is 31.2. The molecule has 10 heteroatoms. The molecule has 6 rings (SSSR count). The van der Waals surface area contributed by atoms with E-state index in [0.717, 1.165) is 11.6 Å². The lowest BCUT2D eigenvalue weighted by molar-refractivity contribution is -0.0336. The van der Waals surface area contributed by atoms with Gasteiger partial charge in [0.05, 0.1) is 17.1 Å². The first-order valence-corrected chi connectivity index (χ1v) is 14.1. The first kappa shape index (κ1) is 29.1. The monoisotopic (exact) mass is 596 g/mol. The maximum atomic E-state index is 16.5. The van der Waals surface area contributed by atoms with Crippen LogP contribution in [0.4, 0.5) is 8.78 Å². The van der Waals surface area contributed by atoms with E-state index in [1.807, 2.05) is 19.1 Å². The third-order valence-electron chi connectivity index (χ3n) is 8.29. The summed E-state index contributed by atoms with van der Waals surface area (Å²) >= 11 is 0. The van der Waals surface area contributed by atoms with Crippen molar-refractivity contribution in [3.63, 3.8) is 0 Å². The number of aryl methyl sites for hydroxylation is 1. The molecule has 1 saturated carbocycles. The quantitative estimate of drug-likeness (QED) is 0.230. The summed E-state index contributed by atoms with van der Waals surface area (Å²) in [6.07, 6.45) is 3.97. The molecule has 5 aromatic rings. The molecule has 0 spiro atoms. The third-order valence-corrected chi connectivity index (χ3v) is 8.29. The topological polar surface area (TPSA) is 106 Å². The molecule has 1 fully saturated rings. The second-order valence-electron chi connectivity index (χ2n) is 11.1. The van der Waals surface area contributed by atoms with E-state index in [9.17, 15) is 9.59 Å². The fraction of sp³-hybridized carbons (Fsp3) is 0.235. The fourth-order valence-corrected chi connectivity index (χ4v) is 5.76. The summed E-state index contributed by atoms with van der Waals surface area (Å²) in [7, 11) is 3.04. The molecular weight excluding hydrogens is 566 g/mol. The van der Waals surface area contributed by atoms with E-state index in [1.165, 1.54) is 26.1 Å². The van der Waals surface area contributed by atoms with E-state index in [2.05, 4.69) is 20.6 Å². The largest absolute Gasteiger partial charge is 0.455 e. The summed E-state index contributed by atoms with van der Waals surface area (Å²) in [5.41, 5.74) is 1.25. The Kier molecular flexibility index (Phi) is 7.46. The number of furan rings is 1. The molecule has 2 N–H and O–H groups in total. The first-order chi connectivity index (χ1) is 21.2. The molecule has 44 heavy (non-hydrogen) atoms. The summed E-state index contributed by atoms with van der Waals surface area (Å²) in [5.74, 6) is -1.90. The van der Waals surface area contributed by atoms with E-state index in [1.54, 1.807) is 43.8 Å². The number of ether oxygens (including phenoxy) is 1. The van der Waals surface area contributed by atoms with Gasteiger partial charge in [0.15, 0.2) is 5.82 Å². The van der Waals surface area contributed by atoms with Crippen LogP contribution >= 0.6 is 0 Å². The van der Waals surface area contributed by atoms with Crippen LogP contribution in [0, 0.1) is 25.5 Å². The van der Waals surface area contributed by atoms with Gasteiger partial charge in [0.25, 0.3) is 11.8 Å². The highest BCUT2D eigenvalue weighted by molar-refractivity contribution is 6.12. The van der Waals surface area contributed by atoms with Gasteiger partial charge in [-0.3, -0.25) is 9.59 Å². The second kappa shape index (κ2) is 11.3. The Bertz CT molecular complexity index is 1900. The number of fused-ring (bicyclic) bond motifs is 1. The molecule has 0 unspecified atom stereocenters. The molecule has 1 aliphatic rings. The molecule has 0 aliphatic heterocycles. The summed E-state index contributed by atoms with van der Waals surface area (Å²) < 4.78 is 43.3. The van der Waals surface area contributed by atoms with Crippen LogP contribution in [-0.4, -0.2) is 42.0 Å². The van der Waals surface area contributed by atoms with Crippen molar-refractivity contribution in [3.8, 4) is 22.5 Å². The van der Waals surface area contributed by atoms with Crippen molar-refractivity contribution in [1.29, 1.82) is 0 Å². The minimum absolute atomic E-state index is 0.00201. The van der Waals surface area contributed by atoms with Gasteiger partial charge in [0.1, 0.15) is 28.5 Å². The van der Waals surface area contributed by atoms with Crippen LogP contribution in [0.2, 0.25) is 0 Å². The number of halogens is 2. The number of carbonyl (C=O) groups excluding carboxylic acids is 2. The molecule has 2 amide bonds. The van der Waals surface area contributed by atoms with Crippen molar-refractivity contribution in [2.24, 2.45) is 0 Å². The highest BCUT2D eigenvalue weighted by Gasteiger charge is 2.49. The van der Waals surface area contributed by atoms with Crippen molar-refractivity contribution in [3.05, 3.63) is 107 Å². The molecule has 0 radical (unpaired) electrons. The van der Waals surface area contributed by atoms with Crippen molar-refractivity contribution in [2.45, 2.75) is 38.3 Å². The lowest BCUT2D eigenvalue weighted by Gasteiger charge is -2.45. The number of benzene rings is 3. The van der Waals surface area contributed by atoms with Crippen LogP contribution in [0.25, 0.3) is 33.4 Å². The molecule has 2 heterocycles. The number of hydrogen-bond donors (Lipinski definition) is 2. The van der Waals surface area contributed by atoms with Crippen LogP contribution < -0.4 is 10.6 Å². The number of carbonyl (C=O) groups is 2. The van der Waals surface area contributed by atoms with Crippen molar-refractivity contribution in [2.75, 3.05) is 14.2 Å². The maximum Gasteiger partial charge on any atom is 0.255 e. The minimum Gasteiger partial charge on any atom is -0.455 e. The summed E-state index contributed by atoms with van der Waals surface area (Å²) in [6.45, 7) is 3.44. The average molecular weight is 597 g/mol. The van der Waals surface area contributed by atoms with Gasteiger partial charge in [-0.15, -0.1) is 0 Å². The SMILES string of the molecule is CNC(=O)c1c(-c2ccc(C)cc2)oc2ccc(-c3cc(C(=O)NC4(c5ncccn5)CC(OC)C4)cc(F)c3C)c(F)c12. The van der Waals surface area contributed by atoms with E-state index in [-0.39, 0.29) is 50.7 Å². The number of aromatic nitrogens is 2. The summed E-state index contributed by atoms with van der Waals surface area (Å²) in [5, 5.41) is 5.51. The van der Waals surface area contributed by atoms with Crippen LogP contribution in [0.3, 0.4) is 0 Å². The van der Waals surface area contributed by atoms with Gasteiger partial charge in [0, 0.05) is 56.1 Å². The zero-order valence-corrected chi connectivity index (χ0v) is 24.6. The predicted octanol–water partition coefficient (Wildman–Crippen LogP) is 6.25. The molecule has 0 atom stereocenters. The van der Waals surface area contributed by atoms with Gasteiger partial charge in [-0.1, -0.05) is 29.8 Å². The molecule has 0 bridgehead atoms. The summed E-state index contributed by atoms with van der Waals surface area (Å²) in [6, 6.07) is 14.6. The van der Waals surface area contributed by atoms with Crippen molar-refractivity contribution in [1.82, 2.24) is 20.6 Å². The Labute approximate surface area is 252 Å². The van der Waals surface area contributed by atoms with Crippen LogP contribution in [0.5, 0.6) is 0 Å². The van der Waals surface area contributed by atoms with Crippen molar-refractivity contribution < 1.29 is 27.5 Å². The lowest BCUT2D eigenvalue weighted by Crippen LogP contribution is -2.58. The van der Waals surface area contributed by atoms with E-state index in [0.29, 0.717) is 24.2 Å². The van der Waals surface area contributed by atoms with Crippen molar-refractivity contribution >= 4 is 22.8 Å². The first-order valence-electron chi connectivity index (χ1n) is 14.1. The second-order valence-corrected chi connectivity index (χ2v) is 11.1. The van der Waals surface area contributed by atoms with Gasteiger partial charge in [-0.2, -0.15) is 0 Å². The standard InChI is InChI=1S/C34H30F2N4O4/c1-18-6-8-20(9-7-18)30-28(32(42)37-3)27-26(44-30)11-10-23(29(27)36)24-14-21(15-25(35)19(24)2)31(41)40-34(16-22(17-34)43-4)33-38-12-5-13-39-33/h5-15,22H,16-17H2,1-4H3,(H,37,42)(H,40,41). The number of nitrogens with one attached hydrogen (secondary N) is 2. The molecule has 3 aromatic carbocycles. The summed E-state index contributed by atoms with van der Waals surface area (Å²) in [4.78, 5) is 35.3. The normalized spacial score (nSPS) is 17.7. The highest BCUT2D eigenvalue weighted by atomic mass is 19.1. The average Bonchev–Trinajstić information content (AvgIpc) is 3.41. The smallest absolute Gasteiger partial charge is 0.255 e. The zero-order valence-electron chi connectivity index (χ0n) is 24.6. The highest BCUT2D eigenvalue weighted by Crippen LogP contribution is 2.42. The number of amides is 2. The molecule has 1 aliphatic carbocycles. The Balaban J connectivity index is 1.44. The Morgan fingerprint density at radius 1 is 0.977 bits per heavy atom. The lowest BCUT2D eigenvalue weighted by atomic mass is 9.73. The van der Waals surface area contributed by atoms with Crippen LogP contribution in [-0.2, 0) is 10.3 Å². The number of rotatable bonds is 7. The Morgan fingerprint density at radius 2 is 1.68 bits per heavy atom.